The number of benzene rings is 2. The molecular weight excluding hydrogens is 350 g/mol. The molecule has 0 spiro atoms. The molecule has 26 heavy (non-hydrogen) atoms. The predicted molar refractivity (Wildman–Crippen MR) is 100 cm³/mol. The highest BCUT2D eigenvalue weighted by Crippen LogP contribution is 2.20. The van der Waals surface area contributed by atoms with Crippen molar-refractivity contribution in [3.8, 4) is 6.07 Å². The zero-order valence-corrected chi connectivity index (χ0v) is 15.8. The van der Waals surface area contributed by atoms with Gasteiger partial charge in [0.15, 0.2) is 0 Å². The van der Waals surface area contributed by atoms with Gasteiger partial charge in [-0.1, -0.05) is 29.8 Å². The van der Waals surface area contributed by atoms with E-state index in [9.17, 15) is 18.5 Å². The lowest BCUT2D eigenvalue weighted by Crippen LogP contribution is -2.38. The van der Waals surface area contributed by atoms with E-state index in [4.69, 9.17) is 0 Å². The van der Waals surface area contributed by atoms with Crippen LogP contribution in [0.4, 0.5) is 5.69 Å². The molecule has 0 atom stereocenters. The molecule has 0 saturated heterocycles. The first-order chi connectivity index (χ1) is 12.3. The normalized spacial score (nSPS) is 11.0. The SMILES string of the molecule is CC(=O)N(CCNS(=O)(=O)c1ccc(C)cc1C)c1ccccc1C#N. The highest BCUT2D eigenvalue weighted by atomic mass is 32.2. The van der Waals surface area contributed by atoms with E-state index < -0.39 is 10.0 Å². The number of rotatable bonds is 6. The summed E-state index contributed by atoms with van der Waals surface area (Å²) in [7, 11) is -3.68. The number of hydrogen-bond acceptors (Lipinski definition) is 4. The van der Waals surface area contributed by atoms with E-state index in [0.29, 0.717) is 16.8 Å². The molecule has 0 aliphatic heterocycles. The van der Waals surface area contributed by atoms with Crippen molar-refractivity contribution in [2.75, 3.05) is 18.0 Å². The van der Waals surface area contributed by atoms with Gasteiger partial charge in [0.25, 0.3) is 0 Å². The summed E-state index contributed by atoms with van der Waals surface area (Å²) in [5.41, 5.74) is 2.47. The lowest BCUT2D eigenvalue weighted by atomic mass is 10.1. The van der Waals surface area contributed by atoms with Gasteiger partial charge in [0.05, 0.1) is 16.1 Å². The first kappa shape index (κ1) is 19.6. The first-order valence-corrected chi connectivity index (χ1v) is 9.58. The van der Waals surface area contributed by atoms with E-state index in [1.54, 1.807) is 49.4 Å². The summed E-state index contributed by atoms with van der Waals surface area (Å²) in [5, 5.41) is 9.21. The maximum atomic E-state index is 12.5. The van der Waals surface area contributed by atoms with Crippen LogP contribution in [0, 0.1) is 25.2 Å². The molecule has 2 aromatic carbocycles. The number of nitriles is 1. The maximum Gasteiger partial charge on any atom is 0.240 e. The van der Waals surface area contributed by atoms with Crippen molar-refractivity contribution in [3.63, 3.8) is 0 Å². The standard InChI is InChI=1S/C19H21N3O3S/c1-14-8-9-19(15(2)12-14)26(24,25)21-10-11-22(16(3)23)18-7-5-4-6-17(18)13-20/h4-9,12,21H,10-11H2,1-3H3. The van der Waals surface area contributed by atoms with Crippen LogP contribution in [0.5, 0.6) is 0 Å². The number of carbonyl (C=O) groups excluding carboxylic acids is 1. The summed E-state index contributed by atoms with van der Waals surface area (Å²) < 4.78 is 27.5. The van der Waals surface area contributed by atoms with Gasteiger partial charge in [-0.3, -0.25) is 4.79 Å². The minimum absolute atomic E-state index is 0.0367. The Balaban J connectivity index is 2.15. The van der Waals surface area contributed by atoms with Gasteiger partial charge >= 0.3 is 0 Å². The largest absolute Gasteiger partial charge is 0.310 e. The summed E-state index contributed by atoms with van der Waals surface area (Å²) >= 11 is 0. The third-order valence-electron chi connectivity index (χ3n) is 3.94. The molecule has 2 aromatic rings. The summed E-state index contributed by atoms with van der Waals surface area (Å²) in [6.45, 7) is 5.18. The van der Waals surface area contributed by atoms with Crippen LogP contribution in [0.15, 0.2) is 47.4 Å². The average Bonchev–Trinajstić information content (AvgIpc) is 2.58. The Hall–Kier alpha value is -2.69. The van der Waals surface area contributed by atoms with Crippen LogP contribution in [0.1, 0.15) is 23.6 Å². The van der Waals surface area contributed by atoms with Gasteiger partial charge in [-0.25, -0.2) is 13.1 Å². The highest BCUT2D eigenvalue weighted by molar-refractivity contribution is 7.89. The second-order valence-electron chi connectivity index (χ2n) is 5.97. The maximum absolute atomic E-state index is 12.5. The monoisotopic (exact) mass is 371 g/mol. The van der Waals surface area contributed by atoms with Gasteiger partial charge in [0, 0.05) is 20.0 Å². The summed E-state index contributed by atoms with van der Waals surface area (Å²) in [4.78, 5) is 13.6. The lowest BCUT2D eigenvalue weighted by Gasteiger charge is -2.22. The molecule has 0 heterocycles. The molecule has 136 valence electrons. The quantitative estimate of drug-likeness (QED) is 0.845. The van der Waals surface area contributed by atoms with Gasteiger partial charge in [0.1, 0.15) is 6.07 Å². The van der Waals surface area contributed by atoms with Gasteiger partial charge < -0.3 is 4.90 Å². The molecule has 0 fully saturated rings. The Labute approximate surface area is 154 Å². The van der Waals surface area contributed by atoms with Crippen molar-refractivity contribution in [2.24, 2.45) is 0 Å². The summed E-state index contributed by atoms with van der Waals surface area (Å²) in [6, 6.07) is 13.9. The minimum atomic E-state index is -3.68. The van der Waals surface area contributed by atoms with E-state index in [2.05, 4.69) is 4.72 Å². The Morgan fingerprint density at radius 3 is 2.50 bits per heavy atom. The van der Waals surface area contributed by atoms with Crippen LogP contribution in [0.3, 0.4) is 0 Å². The lowest BCUT2D eigenvalue weighted by molar-refractivity contribution is -0.116. The Kier molecular flexibility index (Phi) is 6.14. The molecule has 6 nitrogen and oxygen atoms in total. The van der Waals surface area contributed by atoms with Crippen molar-refractivity contribution >= 4 is 21.6 Å². The molecule has 0 bridgehead atoms. The Morgan fingerprint density at radius 1 is 1.19 bits per heavy atom. The second-order valence-corrected chi connectivity index (χ2v) is 7.70. The van der Waals surface area contributed by atoms with Crippen LogP contribution in [-0.4, -0.2) is 27.4 Å². The summed E-state index contributed by atoms with van der Waals surface area (Å²) in [6.07, 6.45) is 0. The Bertz CT molecular complexity index is 962. The van der Waals surface area contributed by atoms with E-state index >= 15 is 0 Å². The van der Waals surface area contributed by atoms with Crippen molar-refractivity contribution in [2.45, 2.75) is 25.7 Å². The van der Waals surface area contributed by atoms with Crippen LogP contribution in [0.25, 0.3) is 0 Å². The topological polar surface area (TPSA) is 90.3 Å². The molecular formula is C19H21N3O3S. The third-order valence-corrected chi connectivity index (χ3v) is 5.56. The molecule has 1 amide bonds. The third kappa shape index (κ3) is 4.48. The van der Waals surface area contributed by atoms with Crippen LogP contribution in [-0.2, 0) is 14.8 Å². The van der Waals surface area contributed by atoms with E-state index in [1.165, 1.54) is 11.8 Å². The van der Waals surface area contributed by atoms with E-state index in [1.807, 2.05) is 13.0 Å². The fourth-order valence-electron chi connectivity index (χ4n) is 2.72. The van der Waals surface area contributed by atoms with Crippen LogP contribution >= 0.6 is 0 Å². The highest BCUT2D eigenvalue weighted by Gasteiger charge is 2.19. The average molecular weight is 371 g/mol. The molecule has 2 rings (SSSR count). The molecule has 0 aliphatic carbocycles. The second kappa shape index (κ2) is 8.13. The molecule has 0 saturated carbocycles. The molecule has 1 N–H and O–H groups in total. The van der Waals surface area contributed by atoms with E-state index in [0.717, 1.165) is 5.56 Å². The number of sulfonamides is 1. The van der Waals surface area contributed by atoms with Crippen LogP contribution in [0.2, 0.25) is 0 Å². The number of aryl methyl sites for hydroxylation is 2. The smallest absolute Gasteiger partial charge is 0.240 e. The minimum Gasteiger partial charge on any atom is -0.310 e. The zero-order valence-electron chi connectivity index (χ0n) is 15.0. The number of amides is 1. The number of anilines is 1. The van der Waals surface area contributed by atoms with Crippen molar-refractivity contribution in [1.29, 1.82) is 5.26 Å². The van der Waals surface area contributed by atoms with Gasteiger partial charge in [-0.15, -0.1) is 0 Å². The molecule has 0 aliphatic rings. The molecule has 0 radical (unpaired) electrons. The van der Waals surface area contributed by atoms with Crippen molar-refractivity contribution in [3.05, 3.63) is 59.2 Å². The van der Waals surface area contributed by atoms with Gasteiger partial charge in [-0.2, -0.15) is 5.26 Å². The fraction of sp³-hybridized carbons (Fsp3) is 0.263. The fourth-order valence-corrected chi connectivity index (χ4v) is 3.97. The number of hydrogen-bond donors (Lipinski definition) is 1. The van der Waals surface area contributed by atoms with Gasteiger partial charge in [-0.05, 0) is 37.6 Å². The number of para-hydroxylation sites is 1. The predicted octanol–water partition coefficient (Wildman–Crippen LogP) is 2.51. The molecule has 0 aromatic heterocycles. The molecule has 7 heteroatoms. The molecule has 0 unspecified atom stereocenters. The number of nitrogens with one attached hydrogen (secondary N) is 1. The zero-order chi connectivity index (χ0) is 19.3. The number of carbonyl (C=O) groups is 1. The first-order valence-electron chi connectivity index (χ1n) is 8.10. The van der Waals surface area contributed by atoms with Crippen molar-refractivity contribution in [1.82, 2.24) is 4.72 Å². The van der Waals surface area contributed by atoms with Crippen LogP contribution < -0.4 is 9.62 Å². The number of nitrogens with zero attached hydrogens (tertiary/aromatic N) is 2. The summed E-state index contributed by atoms with van der Waals surface area (Å²) in [5.74, 6) is -0.265. The van der Waals surface area contributed by atoms with Gasteiger partial charge in [0.2, 0.25) is 15.9 Å². The van der Waals surface area contributed by atoms with E-state index in [-0.39, 0.29) is 23.9 Å². The Morgan fingerprint density at radius 2 is 1.88 bits per heavy atom. The van der Waals surface area contributed by atoms with Crippen molar-refractivity contribution < 1.29 is 13.2 Å².